The first-order chi connectivity index (χ1) is 7.72. The van der Waals surface area contributed by atoms with Gasteiger partial charge in [0.15, 0.2) is 0 Å². The van der Waals surface area contributed by atoms with Gasteiger partial charge in [-0.05, 0) is 32.6 Å². The molecule has 1 aliphatic carbocycles. The maximum absolute atomic E-state index is 9.05. The highest BCUT2D eigenvalue weighted by molar-refractivity contribution is 7.17. The van der Waals surface area contributed by atoms with Gasteiger partial charge in [0.25, 0.3) is 0 Å². The average Bonchev–Trinajstić information content (AvgIpc) is 3.06. The molecule has 0 saturated heterocycles. The third-order valence-corrected chi connectivity index (χ3v) is 4.29. The highest BCUT2D eigenvalue weighted by Crippen LogP contribution is 2.51. The molecule has 16 heavy (non-hydrogen) atoms. The van der Waals surface area contributed by atoms with Crippen LogP contribution in [0.1, 0.15) is 43.0 Å². The van der Waals surface area contributed by atoms with Crippen molar-refractivity contribution < 1.29 is 0 Å². The minimum atomic E-state index is 0.606. The van der Waals surface area contributed by atoms with Crippen LogP contribution in [-0.4, -0.2) is 13.1 Å². The molecule has 1 saturated carbocycles. The summed E-state index contributed by atoms with van der Waals surface area (Å²) in [5.74, 6) is 0.606. The fraction of sp³-hybridized carbons (Fsp3) is 0.583. The molecule has 2 N–H and O–H groups in total. The number of nitrogen functional groups attached to an aromatic ring is 1. The molecule has 0 radical (unpaired) electrons. The number of rotatable bonds is 4. The Morgan fingerprint density at radius 1 is 1.44 bits per heavy atom. The van der Waals surface area contributed by atoms with Gasteiger partial charge in [0.1, 0.15) is 10.9 Å². The summed E-state index contributed by atoms with van der Waals surface area (Å²) in [5.41, 5.74) is 8.04. The van der Waals surface area contributed by atoms with E-state index in [1.54, 1.807) is 11.3 Å². The molecule has 0 amide bonds. The Morgan fingerprint density at radius 3 is 2.50 bits per heavy atom. The first-order valence-corrected chi connectivity index (χ1v) is 6.61. The van der Waals surface area contributed by atoms with E-state index in [-0.39, 0.29) is 0 Å². The summed E-state index contributed by atoms with van der Waals surface area (Å²) in [6.07, 6.45) is 2.44. The van der Waals surface area contributed by atoms with Crippen molar-refractivity contribution in [1.29, 1.82) is 5.26 Å². The first-order valence-electron chi connectivity index (χ1n) is 5.80. The van der Waals surface area contributed by atoms with Crippen molar-refractivity contribution >= 4 is 22.0 Å². The molecule has 4 heteroatoms. The second-order valence-electron chi connectivity index (χ2n) is 4.12. The topological polar surface area (TPSA) is 53.0 Å². The van der Waals surface area contributed by atoms with E-state index in [4.69, 9.17) is 11.0 Å². The zero-order chi connectivity index (χ0) is 11.7. The number of thiophene rings is 1. The van der Waals surface area contributed by atoms with E-state index >= 15 is 0 Å². The molecule has 1 fully saturated rings. The molecule has 2 rings (SSSR count). The quantitative estimate of drug-likeness (QED) is 0.873. The Bertz CT molecular complexity index is 422. The minimum Gasteiger partial charge on any atom is -0.397 e. The highest BCUT2D eigenvalue weighted by Gasteiger charge is 2.32. The van der Waals surface area contributed by atoms with Gasteiger partial charge in [0.05, 0.1) is 10.7 Å². The van der Waals surface area contributed by atoms with Crippen LogP contribution in [0.2, 0.25) is 0 Å². The summed E-state index contributed by atoms with van der Waals surface area (Å²) in [6.45, 7) is 6.23. The molecule has 1 aromatic heterocycles. The predicted molar refractivity (Wildman–Crippen MR) is 69.0 cm³/mol. The monoisotopic (exact) mass is 235 g/mol. The van der Waals surface area contributed by atoms with Crippen LogP contribution < -0.4 is 10.6 Å². The van der Waals surface area contributed by atoms with E-state index in [1.807, 2.05) is 0 Å². The molecule has 1 aliphatic rings. The zero-order valence-corrected chi connectivity index (χ0v) is 10.6. The third-order valence-electron chi connectivity index (χ3n) is 3.10. The van der Waals surface area contributed by atoms with Gasteiger partial charge in [-0.3, -0.25) is 0 Å². The summed E-state index contributed by atoms with van der Waals surface area (Å²) in [6, 6.07) is 2.21. The molecule has 0 bridgehead atoms. The summed E-state index contributed by atoms with van der Waals surface area (Å²) in [7, 11) is 0. The van der Waals surface area contributed by atoms with E-state index in [0.717, 1.165) is 18.8 Å². The summed E-state index contributed by atoms with van der Waals surface area (Å²) in [4.78, 5) is 2.99. The van der Waals surface area contributed by atoms with Gasteiger partial charge in [-0.15, -0.1) is 11.3 Å². The Balaban J connectivity index is 2.46. The van der Waals surface area contributed by atoms with Gasteiger partial charge in [0.2, 0.25) is 0 Å². The number of nitriles is 1. The Morgan fingerprint density at radius 2 is 2.06 bits per heavy atom. The van der Waals surface area contributed by atoms with Crippen LogP contribution in [0.25, 0.3) is 0 Å². The SMILES string of the molecule is CCN(CC)c1sc(C#N)c(N)c1C1CC1. The van der Waals surface area contributed by atoms with Crippen molar-refractivity contribution in [2.75, 3.05) is 23.7 Å². The lowest BCUT2D eigenvalue weighted by Crippen LogP contribution is -2.21. The van der Waals surface area contributed by atoms with Gasteiger partial charge < -0.3 is 10.6 Å². The Hall–Kier alpha value is -1.21. The van der Waals surface area contributed by atoms with E-state index in [2.05, 4.69) is 24.8 Å². The molecule has 0 atom stereocenters. The van der Waals surface area contributed by atoms with E-state index in [9.17, 15) is 0 Å². The van der Waals surface area contributed by atoms with Crippen molar-refractivity contribution in [3.05, 3.63) is 10.4 Å². The van der Waals surface area contributed by atoms with Crippen molar-refractivity contribution in [3.63, 3.8) is 0 Å². The van der Waals surface area contributed by atoms with Gasteiger partial charge in [-0.25, -0.2) is 0 Å². The molecule has 0 spiro atoms. The van der Waals surface area contributed by atoms with Gasteiger partial charge in [0, 0.05) is 18.7 Å². The van der Waals surface area contributed by atoms with Crippen molar-refractivity contribution in [1.82, 2.24) is 0 Å². The van der Waals surface area contributed by atoms with Crippen molar-refractivity contribution in [3.8, 4) is 6.07 Å². The number of nitrogens with two attached hydrogens (primary N) is 1. The van der Waals surface area contributed by atoms with Crippen LogP contribution >= 0.6 is 11.3 Å². The van der Waals surface area contributed by atoms with E-state index in [1.165, 1.54) is 23.4 Å². The van der Waals surface area contributed by atoms with Crippen molar-refractivity contribution in [2.24, 2.45) is 0 Å². The van der Waals surface area contributed by atoms with Crippen LogP contribution in [0, 0.1) is 11.3 Å². The second-order valence-corrected chi connectivity index (χ2v) is 5.12. The molecule has 1 aromatic rings. The third kappa shape index (κ3) is 1.76. The average molecular weight is 235 g/mol. The standard InChI is InChI=1S/C12H17N3S/c1-3-15(4-2)12-10(8-5-6-8)11(14)9(7-13)16-12/h8H,3-6,14H2,1-2H3. The van der Waals surface area contributed by atoms with E-state index in [0.29, 0.717) is 10.8 Å². The molecular weight excluding hydrogens is 218 g/mol. The Labute approximate surface area is 100 Å². The molecule has 1 heterocycles. The smallest absolute Gasteiger partial charge is 0.130 e. The fourth-order valence-corrected chi connectivity index (χ4v) is 3.27. The lowest BCUT2D eigenvalue weighted by molar-refractivity contribution is 0.867. The fourth-order valence-electron chi connectivity index (χ4n) is 2.04. The summed E-state index contributed by atoms with van der Waals surface area (Å²) < 4.78 is 0. The maximum Gasteiger partial charge on any atom is 0.130 e. The maximum atomic E-state index is 9.05. The molecular formula is C12H17N3S. The summed E-state index contributed by atoms with van der Waals surface area (Å²) >= 11 is 1.55. The Kier molecular flexibility index (Phi) is 3.06. The number of anilines is 2. The van der Waals surface area contributed by atoms with Crippen LogP contribution in [0.3, 0.4) is 0 Å². The van der Waals surface area contributed by atoms with Crippen LogP contribution in [-0.2, 0) is 0 Å². The second kappa shape index (κ2) is 4.34. The van der Waals surface area contributed by atoms with Gasteiger partial charge >= 0.3 is 0 Å². The molecule has 0 aromatic carbocycles. The van der Waals surface area contributed by atoms with Crippen LogP contribution in [0.4, 0.5) is 10.7 Å². The number of hydrogen-bond donors (Lipinski definition) is 1. The van der Waals surface area contributed by atoms with Gasteiger partial charge in [-0.2, -0.15) is 5.26 Å². The normalized spacial score (nSPS) is 14.8. The minimum absolute atomic E-state index is 0.606. The lowest BCUT2D eigenvalue weighted by atomic mass is 10.1. The van der Waals surface area contributed by atoms with E-state index < -0.39 is 0 Å². The van der Waals surface area contributed by atoms with Crippen LogP contribution in [0.5, 0.6) is 0 Å². The largest absolute Gasteiger partial charge is 0.397 e. The molecule has 0 aliphatic heterocycles. The molecule has 3 nitrogen and oxygen atoms in total. The predicted octanol–water partition coefficient (Wildman–Crippen LogP) is 2.93. The number of hydrogen-bond acceptors (Lipinski definition) is 4. The molecule has 0 unspecified atom stereocenters. The van der Waals surface area contributed by atoms with Crippen molar-refractivity contribution in [2.45, 2.75) is 32.6 Å². The zero-order valence-electron chi connectivity index (χ0n) is 9.79. The number of nitrogens with zero attached hydrogens (tertiary/aromatic N) is 2. The lowest BCUT2D eigenvalue weighted by Gasteiger charge is -2.20. The molecule has 86 valence electrons. The highest BCUT2D eigenvalue weighted by atomic mass is 32.1. The summed E-state index contributed by atoms with van der Waals surface area (Å²) in [5, 5.41) is 10.3. The van der Waals surface area contributed by atoms with Gasteiger partial charge in [-0.1, -0.05) is 0 Å². The first kappa shape index (κ1) is 11.3. The van der Waals surface area contributed by atoms with Crippen LogP contribution in [0.15, 0.2) is 0 Å².